The quantitative estimate of drug-likeness (QED) is 0.587. The second-order valence-electron chi connectivity index (χ2n) is 6.46. The summed E-state index contributed by atoms with van der Waals surface area (Å²) in [5.74, 6) is 3.83. The summed E-state index contributed by atoms with van der Waals surface area (Å²) in [6.45, 7) is 6.49. The van der Waals surface area contributed by atoms with Crippen molar-refractivity contribution in [3.05, 3.63) is 23.8 Å². The van der Waals surface area contributed by atoms with Gasteiger partial charge in [0.1, 0.15) is 0 Å². The predicted octanol–water partition coefficient (Wildman–Crippen LogP) is 5.12. The van der Waals surface area contributed by atoms with Crippen LogP contribution in [0.4, 0.5) is 0 Å². The Labute approximate surface area is 106 Å². The van der Waals surface area contributed by atoms with Crippen LogP contribution in [-0.2, 0) is 0 Å². The Morgan fingerprint density at radius 3 is 2.47 bits per heavy atom. The van der Waals surface area contributed by atoms with Gasteiger partial charge >= 0.3 is 0 Å². The molecule has 0 aromatic rings. The monoisotopic (exact) mass is 230 g/mol. The zero-order valence-electron chi connectivity index (χ0n) is 11.3. The summed E-state index contributed by atoms with van der Waals surface area (Å²) in [7, 11) is 0. The minimum Gasteiger partial charge on any atom is -0.0988 e. The van der Waals surface area contributed by atoms with Crippen molar-refractivity contribution >= 4 is 0 Å². The van der Waals surface area contributed by atoms with E-state index in [1.807, 2.05) is 0 Å². The van der Waals surface area contributed by atoms with Gasteiger partial charge < -0.3 is 0 Å². The van der Waals surface area contributed by atoms with Crippen LogP contribution in [0.3, 0.4) is 0 Å². The normalized spacial score (nSPS) is 41.7. The highest BCUT2D eigenvalue weighted by atomic mass is 14.5. The van der Waals surface area contributed by atoms with Gasteiger partial charge in [-0.15, -0.1) is 0 Å². The molecule has 0 aromatic carbocycles. The molecule has 4 atom stereocenters. The van der Waals surface area contributed by atoms with E-state index in [0.717, 1.165) is 23.7 Å². The molecule has 94 valence electrons. The molecule has 0 radical (unpaired) electrons. The Bertz CT molecular complexity index is 336. The van der Waals surface area contributed by atoms with E-state index in [0.29, 0.717) is 0 Å². The predicted molar refractivity (Wildman–Crippen MR) is 73.8 cm³/mol. The number of hydrogen-bond donors (Lipinski definition) is 0. The van der Waals surface area contributed by atoms with E-state index >= 15 is 0 Å². The highest BCUT2D eigenvalue weighted by Crippen LogP contribution is 2.55. The van der Waals surface area contributed by atoms with E-state index in [4.69, 9.17) is 0 Å². The molecule has 3 aliphatic rings. The van der Waals surface area contributed by atoms with Gasteiger partial charge in [0.2, 0.25) is 0 Å². The van der Waals surface area contributed by atoms with Crippen molar-refractivity contribution in [2.24, 2.45) is 23.7 Å². The fraction of sp³-hybridized carbons (Fsp3) is 0.765. The Morgan fingerprint density at radius 2 is 1.65 bits per heavy atom. The standard InChI is InChI=1S/C17H26/c1-3-14-12(2)15-10-6-4-5-8-13-9-7-11-16(14)17(13)15/h3,13,15-17H,1,4-11H2,2H3. The third kappa shape index (κ3) is 1.80. The third-order valence-electron chi connectivity index (χ3n) is 5.78. The molecule has 17 heavy (non-hydrogen) atoms. The van der Waals surface area contributed by atoms with Crippen LogP contribution in [0.15, 0.2) is 23.8 Å². The second-order valence-corrected chi connectivity index (χ2v) is 6.46. The third-order valence-corrected chi connectivity index (χ3v) is 5.78. The maximum absolute atomic E-state index is 4.09. The Kier molecular flexibility index (Phi) is 3.15. The molecular weight excluding hydrogens is 204 g/mol. The van der Waals surface area contributed by atoms with Gasteiger partial charge in [-0.2, -0.15) is 0 Å². The number of rotatable bonds is 1. The lowest BCUT2D eigenvalue weighted by Gasteiger charge is -2.40. The van der Waals surface area contributed by atoms with Crippen molar-refractivity contribution in [2.75, 3.05) is 0 Å². The molecule has 0 nitrogen and oxygen atoms in total. The topological polar surface area (TPSA) is 0 Å². The molecule has 0 aromatic heterocycles. The maximum Gasteiger partial charge on any atom is -0.0126 e. The van der Waals surface area contributed by atoms with Gasteiger partial charge in [-0.25, -0.2) is 0 Å². The fourth-order valence-corrected chi connectivity index (χ4v) is 5.09. The van der Waals surface area contributed by atoms with Crippen molar-refractivity contribution in [1.29, 1.82) is 0 Å². The first kappa shape index (κ1) is 11.6. The van der Waals surface area contributed by atoms with Crippen molar-refractivity contribution in [3.8, 4) is 0 Å². The molecule has 2 fully saturated rings. The van der Waals surface area contributed by atoms with Gasteiger partial charge in [0.05, 0.1) is 0 Å². The van der Waals surface area contributed by atoms with E-state index < -0.39 is 0 Å². The molecule has 3 rings (SSSR count). The van der Waals surface area contributed by atoms with Gasteiger partial charge in [0.15, 0.2) is 0 Å². The second kappa shape index (κ2) is 4.63. The molecular formula is C17H26. The van der Waals surface area contributed by atoms with Crippen LogP contribution < -0.4 is 0 Å². The Balaban J connectivity index is 1.94. The van der Waals surface area contributed by atoms with Crippen LogP contribution in [0, 0.1) is 23.7 Å². The molecule has 0 bridgehead atoms. The van der Waals surface area contributed by atoms with Crippen molar-refractivity contribution in [2.45, 2.75) is 58.3 Å². The summed E-state index contributed by atoms with van der Waals surface area (Å²) < 4.78 is 0. The first-order valence-corrected chi connectivity index (χ1v) is 7.66. The molecule has 0 heterocycles. The summed E-state index contributed by atoms with van der Waals surface area (Å²) in [6.07, 6.45) is 14.0. The highest BCUT2D eigenvalue weighted by Gasteiger charge is 2.45. The van der Waals surface area contributed by atoms with Crippen LogP contribution in [0.1, 0.15) is 58.3 Å². The Morgan fingerprint density at radius 1 is 0.941 bits per heavy atom. The maximum atomic E-state index is 4.09. The van der Waals surface area contributed by atoms with Crippen LogP contribution in [0.2, 0.25) is 0 Å². The summed E-state index contributed by atoms with van der Waals surface area (Å²) in [6, 6.07) is 0. The first-order valence-electron chi connectivity index (χ1n) is 7.66. The van der Waals surface area contributed by atoms with Crippen LogP contribution in [0.5, 0.6) is 0 Å². The van der Waals surface area contributed by atoms with Gasteiger partial charge in [0, 0.05) is 0 Å². The minimum atomic E-state index is 0.884. The van der Waals surface area contributed by atoms with E-state index in [1.165, 1.54) is 51.4 Å². The van der Waals surface area contributed by atoms with Crippen molar-refractivity contribution in [1.82, 2.24) is 0 Å². The average Bonchev–Trinajstić information content (AvgIpc) is 2.57. The van der Waals surface area contributed by atoms with Gasteiger partial charge in [-0.1, -0.05) is 56.8 Å². The smallest absolute Gasteiger partial charge is 0.0126 e. The first-order chi connectivity index (χ1) is 8.33. The number of allylic oxidation sites excluding steroid dienone is 3. The Hall–Kier alpha value is -0.520. The highest BCUT2D eigenvalue weighted by molar-refractivity contribution is 5.35. The zero-order valence-corrected chi connectivity index (χ0v) is 11.3. The molecule has 2 saturated carbocycles. The molecule has 3 aliphatic carbocycles. The summed E-state index contributed by atoms with van der Waals surface area (Å²) in [4.78, 5) is 0. The molecule has 0 N–H and O–H groups in total. The summed E-state index contributed by atoms with van der Waals surface area (Å²) in [5.41, 5.74) is 3.36. The van der Waals surface area contributed by atoms with Crippen LogP contribution in [0.25, 0.3) is 0 Å². The van der Waals surface area contributed by atoms with Crippen molar-refractivity contribution in [3.63, 3.8) is 0 Å². The summed E-state index contributed by atoms with van der Waals surface area (Å²) >= 11 is 0. The molecule has 0 heteroatoms. The van der Waals surface area contributed by atoms with E-state index in [9.17, 15) is 0 Å². The molecule has 0 spiro atoms. The SMILES string of the molecule is C=CC1=C(C)C2CCCCCC3CCCC1C32. The lowest BCUT2D eigenvalue weighted by atomic mass is 9.65. The van der Waals surface area contributed by atoms with Gasteiger partial charge in [-0.05, 0) is 49.0 Å². The largest absolute Gasteiger partial charge is 0.0988 e. The van der Waals surface area contributed by atoms with Crippen LogP contribution >= 0.6 is 0 Å². The van der Waals surface area contributed by atoms with E-state index in [-0.39, 0.29) is 0 Å². The lowest BCUT2D eigenvalue weighted by molar-refractivity contribution is 0.122. The zero-order chi connectivity index (χ0) is 11.8. The fourth-order valence-electron chi connectivity index (χ4n) is 5.09. The van der Waals surface area contributed by atoms with Gasteiger partial charge in [-0.3, -0.25) is 0 Å². The average molecular weight is 230 g/mol. The molecule has 4 unspecified atom stereocenters. The molecule has 0 saturated heterocycles. The van der Waals surface area contributed by atoms with Crippen molar-refractivity contribution < 1.29 is 0 Å². The van der Waals surface area contributed by atoms with E-state index in [2.05, 4.69) is 19.6 Å². The molecule has 0 aliphatic heterocycles. The minimum absolute atomic E-state index is 0.884. The number of hydrogen-bond acceptors (Lipinski definition) is 0. The summed E-state index contributed by atoms with van der Waals surface area (Å²) in [5, 5.41) is 0. The van der Waals surface area contributed by atoms with E-state index in [1.54, 1.807) is 11.1 Å². The molecule has 0 amide bonds. The van der Waals surface area contributed by atoms with Crippen LogP contribution in [-0.4, -0.2) is 0 Å². The lowest BCUT2D eigenvalue weighted by Crippen LogP contribution is -2.31. The van der Waals surface area contributed by atoms with Gasteiger partial charge in [0.25, 0.3) is 0 Å².